The fourth-order valence-electron chi connectivity index (χ4n) is 2.17. The van der Waals surface area contributed by atoms with Crippen LogP contribution in [0.25, 0.3) is 10.2 Å². The van der Waals surface area contributed by atoms with Crippen molar-refractivity contribution in [1.29, 1.82) is 0 Å². The van der Waals surface area contributed by atoms with Crippen LogP contribution in [0.5, 0.6) is 11.5 Å². The van der Waals surface area contributed by atoms with E-state index in [1.165, 1.54) is 23.3 Å². The van der Waals surface area contributed by atoms with Gasteiger partial charge in [0.2, 0.25) is 0 Å². The summed E-state index contributed by atoms with van der Waals surface area (Å²) in [6.45, 7) is 0. The number of carbonyl (C=O) groups excluding carboxylic acids is 1. The second-order valence-electron chi connectivity index (χ2n) is 5.20. The molecule has 0 unspecified atom stereocenters. The number of nitrogens with one attached hydrogen (secondary N) is 1. The van der Waals surface area contributed by atoms with E-state index in [0.29, 0.717) is 20.8 Å². The highest BCUT2D eigenvalue weighted by Gasteiger charge is 2.18. The molecule has 0 bridgehead atoms. The zero-order chi connectivity index (χ0) is 18.8. The van der Waals surface area contributed by atoms with Crippen LogP contribution in [-0.2, 0) is 0 Å². The van der Waals surface area contributed by atoms with Gasteiger partial charge in [-0.05, 0) is 12.1 Å². The summed E-state index contributed by atoms with van der Waals surface area (Å²) < 4.78 is 20.2. The highest BCUT2D eigenvalue weighted by Crippen LogP contribution is 2.36. The van der Waals surface area contributed by atoms with Gasteiger partial charge < -0.3 is 4.74 Å². The molecule has 8 nitrogen and oxygen atoms in total. The molecule has 0 radical (unpaired) electrons. The maximum atomic E-state index is 14.1. The summed E-state index contributed by atoms with van der Waals surface area (Å²) in [5, 5.41) is 12.0. The number of fused-ring (bicyclic) bond motifs is 1. The highest BCUT2D eigenvalue weighted by atomic mass is 32.1. The van der Waals surface area contributed by atoms with Gasteiger partial charge >= 0.3 is 0 Å². The van der Waals surface area contributed by atoms with E-state index < -0.39 is 10.7 Å². The summed E-state index contributed by atoms with van der Waals surface area (Å²) in [4.78, 5) is 26.9. The van der Waals surface area contributed by atoms with E-state index in [9.17, 15) is 19.3 Å². The fourth-order valence-corrected chi connectivity index (χ4v) is 3.21. The predicted octanol–water partition coefficient (Wildman–Crippen LogP) is 3.34. The van der Waals surface area contributed by atoms with Crippen LogP contribution < -0.4 is 10.2 Å². The summed E-state index contributed by atoms with van der Waals surface area (Å²) >= 11 is 1.16. The van der Waals surface area contributed by atoms with Crippen molar-refractivity contribution in [3.63, 3.8) is 0 Å². The van der Waals surface area contributed by atoms with Crippen molar-refractivity contribution in [3.05, 3.63) is 57.3 Å². The minimum absolute atomic E-state index is 0.156. The van der Waals surface area contributed by atoms with Crippen LogP contribution in [0.1, 0.15) is 9.67 Å². The lowest BCUT2D eigenvalue weighted by atomic mass is 10.3. The Hall–Kier alpha value is -3.11. The third-order valence-corrected chi connectivity index (χ3v) is 4.70. The summed E-state index contributed by atoms with van der Waals surface area (Å²) in [5.74, 6) is -0.953. The Morgan fingerprint density at radius 1 is 1.35 bits per heavy atom. The van der Waals surface area contributed by atoms with Gasteiger partial charge in [-0.1, -0.05) is 0 Å². The maximum absolute atomic E-state index is 14.1. The van der Waals surface area contributed by atoms with Gasteiger partial charge in [-0.2, -0.15) is 0 Å². The number of nitrogens with zero attached hydrogens (tertiary/aromatic N) is 3. The van der Waals surface area contributed by atoms with Crippen LogP contribution in [0.15, 0.2) is 36.5 Å². The van der Waals surface area contributed by atoms with Gasteiger partial charge in [0.1, 0.15) is 5.75 Å². The van der Waals surface area contributed by atoms with Gasteiger partial charge in [0.25, 0.3) is 11.6 Å². The van der Waals surface area contributed by atoms with Gasteiger partial charge in [0, 0.05) is 32.4 Å². The Morgan fingerprint density at radius 2 is 2.12 bits per heavy atom. The monoisotopic (exact) mass is 376 g/mol. The number of hydrazine groups is 1. The molecular formula is C16H13FN4O4S. The summed E-state index contributed by atoms with van der Waals surface area (Å²) in [6.07, 6.45) is 1.48. The SMILES string of the molecule is CNN(C)C(=O)c1cc2nccc(Oc3ccc([N+](=O)[O-])cc3F)c2s1. The van der Waals surface area contributed by atoms with Crippen molar-refractivity contribution in [3.8, 4) is 11.5 Å². The summed E-state index contributed by atoms with van der Waals surface area (Å²) in [6, 6.07) is 6.29. The van der Waals surface area contributed by atoms with Crippen molar-refractivity contribution < 1.29 is 18.8 Å². The molecule has 3 aromatic rings. The first-order chi connectivity index (χ1) is 12.4. The molecule has 0 aliphatic rings. The van der Waals surface area contributed by atoms with E-state index in [1.54, 1.807) is 20.2 Å². The quantitative estimate of drug-likeness (QED) is 0.542. The van der Waals surface area contributed by atoms with Crippen molar-refractivity contribution in [2.24, 2.45) is 0 Å². The lowest BCUT2D eigenvalue weighted by Gasteiger charge is -2.13. The van der Waals surface area contributed by atoms with Gasteiger partial charge in [-0.15, -0.1) is 11.3 Å². The number of amides is 1. The van der Waals surface area contributed by atoms with E-state index in [4.69, 9.17) is 4.74 Å². The van der Waals surface area contributed by atoms with E-state index in [2.05, 4.69) is 10.4 Å². The second kappa shape index (κ2) is 7.02. The largest absolute Gasteiger partial charge is 0.453 e. The number of thiophene rings is 1. The van der Waals surface area contributed by atoms with Crippen LogP contribution in [-0.4, -0.2) is 34.9 Å². The second-order valence-corrected chi connectivity index (χ2v) is 6.25. The summed E-state index contributed by atoms with van der Waals surface area (Å²) in [7, 11) is 3.21. The molecule has 0 spiro atoms. The highest BCUT2D eigenvalue weighted by molar-refractivity contribution is 7.21. The number of hydrogen-bond acceptors (Lipinski definition) is 7. The number of ether oxygens (including phenoxy) is 1. The number of nitro groups is 1. The maximum Gasteiger partial charge on any atom is 0.277 e. The number of carbonyl (C=O) groups is 1. The number of nitro benzene ring substituents is 1. The third kappa shape index (κ3) is 3.32. The Balaban J connectivity index is 1.97. The molecule has 0 aliphatic heterocycles. The molecule has 10 heteroatoms. The molecule has 1 amide bonds. The number of aromatic nitrogens is 1. The number of benzene rings is 1. The van der Waals surface area contributed by atoms with Crippen LogP contribution in [0.3, 0.4) is 0 Å². The lowest BCUT2D eigenvalue weighted by molar-refractivity contribution is -0.385. The molecule has 26 heavy (non-hydrogen) atoms. The molecule has 1 aromatic carbocycles. The predicted molar refractivity (Wildman–Crippen MR) is 93.9 cm³/mol. The molecule has 3 rings (SSSR count). The minimum atomic E-state index is -0.855. The molecule has 0 saturated carbocycles. The number of halogens is 1. The molecule has 134 valence electrons. The number of pyridine rings is 1. The smallest absolute Gasteiger partial charge is 0.277 e. The molecule has 0 atom stereocenters. The molecule has 2 aromatic heterocycles. The molecular weight excluding hydrogens is 363 g/mol. The van der Waals surface area contributed by atoms with Crippen molar-refractivity contribution in [1.82, 2.24) is 15.4 Å². The Morgan fingerprint density at radius 3 is 2.77 bits per heavy atom. The Bertz CT molecular complexity index is 1010. The number of non-ortho nitro benzene ring substituents is 1. The van der Waals surface area contributed by atoms with Crippen LogP contribution >= 0.6 is 11.3 Å². The number of rotatable bonds is 5. The van der Waals surface area contributed by atoms with Crippen LogP contribution in [0, 0.1) is 15.9 Å². The van der Waals surface area contributed by atoms with Gasteiger partial charge in [0.15, 0.2) is 11.6 Å². The molecule has 0 saturated heterocycles. The molecule has 0 aliphatic carbocycles. The topological polar surface area (TPSA) is 97.6 Å². The van der Waals surface area contributed by atoms with Crippen LogP contribution in [0.4, 0.5) is 10.1 Å². The Labute approximate surface area is 150 Å². The first-order valence-corrected chi connectivity index (χ1v) is 8.18. The van der Waals surface area contributed by atoms with Gasteiger partial charge in [-0.3, -0.25) is 24.9 Å². The van der Waals surface area contributed by atoms with E-state index in [-0.39, 0.29) is 17.3 Å². The van der Waals surface area contributed by atoms with E-state index >= 15 is 0 Å². The van der Waals surface area contributed by atoms with Crippen molar-refractivity contribution >= 4 is 33.1 Å². The average Bonchev–Trinajstić information content (AvgIpc) is 3.07. The number of hydrogen-bond donors (Lipinski definition) is 1. The van der Waals surface area contributed by atoms with Crippen LogP contribution in [0.2, 0.25) is 0 Å². The first-order valence-electron chi connectivity index (χ1n) is 7.36. The molecule has 1 N–H and O–H groups in total. The zero-order valence-corrected chi connectivity index (χ0v) is 14.5. The van der Waals surface area contributed by atoms with Crippen molar-refractivity contribution in [2.45, 2.75) is 0 Å². The third-order valence-electron chi connectivity index (χ3n) is 3.57. The van der Waals surface area contributed by atoms with Crippen molar-refractivity contribution in [2.75, 3.05) is 14.1 Å². The average molecular weight is 376 g/mol. The van der Waals surface area contributed by atoms with Gasteiger partial charge in [-0.25, -0.2) is 9.82 Å². The van der Waals surface area contributed by atoms with E-state index in [1.807, 2.05) is 0 Å². The lowest BCUT2D eigenvalue weighted by Crippen LogP contribution is -2.36. The first kappa shape index (κ1) is 17.7. The standard InChI is InChI=1S/C16H13FN4O4S/c1-18-20(2)16(22)14-8-11-15(26-14)13(5-6-19-11)25-12-4-3-9(21(23)24)7-10(12)17/h3-8,18H,1-2H3. The normalized spacial score (nSPS) is 10.7. The molecule has 2 heterocycles. The summed E-state index contributed by atoms with van der Waals surface area (Å²) in [5.41, 5.74) is 2.88. The zero-order valence-electron chi connectivity index (χ0n) is 13.7. The Kier molecular flexibility index (Phi) is 4.78. The van der Waals surface area contributed by atoms with Gasteiger partial charge in [0.05, 0.1) is 26.1 Å². The van der Waals surface area contributed by atoms with E-state index in [0.717, 1.165) is 23.5 Å². The fraction of sp³-hybridized carbons (Fsp3) is 0.125. The molecule has 0 fully saturated rings. The minimum Gasteiger partial charge on any atom is -0.453 e.